The van der Waals surface area contributed by atoms with Crippen molar-refractivity contribution in [2.45, 2.75) is 11.3 Å². The van der Waals surface area contributed by atoms with Crippen molar-refractivity contribution in [2.24, 2.45) is 0 Å². The zero-order valence-electron chi connectivity index (χ0n) is 13.7. The fourth-order valence-corrected chi connectivity index (χ4v) is 4.23. The summed E-state index contributed by atoms with van der Waals surface area (Å²) in [7, 11) is -3.28. The summed E-state index contributed by atoms with van der Waals surface area (Å²) in [5.41, 5.74) is 1.44. The van der Waals surface area contributed by atoms with Crippen LogP contribution in [-0.2, 0) is 21.1 Å². The lowest BCUT2D eigenvalue weighted by Crippen LogP contribution is -2.14. The van der Waals surface area contributed by atoms with Crippen molar-refractivity contribution < 1.29 is 22.7 Å². The second-order valence-electron chi connectivity index (χ2n) is 5.83. The average molecular weight is 390 g/mol. The molecule has 1 amide bonds. The number of thiazole rings is 1. The first-order valence-corrected chi connectivity index (χ1v) is 10.4. The van der Waals surface area contributed by atoms with Crippen LogP contribution < -0.4 is 14.8 Å². The first-order valence-electron chi connectivity index (χ1n) is 7.67. The lowest BCUT2D eigenvalue weighted by molar-refractivity contribution is -0.115. The van der Waals surface area contributed by atoms with Gasteiger partial charge < -0.3 is 14.8 Å². The average Bonchev–Trinajstić information content (AvgIpc) is 3.18. The zero-order valence-corrected chi connectivity index (χ0v) is 15.3. The van der Waals surface area contributed by atoms with E-state index in [1.165, 1.54) is 17.4 Å². The molecule has 1 aliphatic heterocycles. The summed E-state index contributed by atoms with van der Waals surface area (Å²) in [6.45, 7) is 0.187. The predicted molar refractivity (Wildman–Crippen MR) is 97.6 cm³/mol. The molecule has 7 nitrogen and oxygen atoms in total. The van der Waals surface area contributed by atoms with Crippen LogP contribution in [-0.4, -0.2) is 32.4 Å². The van der Waals surface area contributed by atoms with Crippen molar-refractivity contribution >= 4 is 42.4 Å². The molecule has 0 bridgehead atoms. The second-order valence-corrected chi connectivity index (χ2v) is 8.88. The molecular formula is C17H14N2O5S2. The van der Waals surface area contributed by atoms with Gasteiger partial charge in [0, 0.05) is 6.26 Å². The van der Waals surface area contributed by atoms with Crippen LogP contribution in [0.4, 0.5) is 5.13 Å². The third-order valence-electron chi connectivity index (χ3n) is 3.84. The van der Waals surface area contributed by atoms with Gasteiger partial charge in [-0.1, -0.05) is 17.4 Å². The summed E-state index contributed by atoms with van der Waals surface area (Å²) in [4.78, 5) is 16.8. The number of nitrogens with zero attached hydrogens (tertiary/aromatic N) is 1. The van der Waals surface area contributed by atoms with E-state index in [4.69, 9.17) is 9.47 Å². The van der Waals surface area contributed by atoms with Gasteiger partial charge in [-0.05, 0) is 35.9 Å². The molecular weight excluding hydrogens is 376 g/mol. The van der Waals surface area contributed by atoms with Crippen molar-refractivity contribution in [2.75, 3.05) is 18.4 Å². The van der Waals surface area contributed by atoms with Gasteiger partial charge in [0.1, 0.15) is 0 Å². The Hall–Kier alpha value is -2.65. The molecule has 1 aromatic heterocycles. The number of nitrogens with one attached hydrogen (secondary N) is 1. The molecule has 0 aliphatic carbocycles. The number of hydrogen-bond donors (Lipinski definition) is 1. The summed E-state index contributed by atoms with van der Waals surface area (Å²) in [6.07, 6.45) is 1.32. The van der Waals surface area contributed by atoms with Crippen molar-refractivity contribution in [3.63, 3.8) is 0 Å². The van der Waals surface area contributed by atoms with Gasteiger partial charge in [0.05, 0.1) is 21.5 Å². The first-order chi connectivity index (χ1) is 12.4. The Balaban J connectivity index is 1.50. The number of aromatic nitrogens is 1. The fraction of sp³-hybridized carbons (Fsp3) is 0.176. The van der Waals surface area contributed by atoms with Crippen LogP contribution in [0.25, 0.3) is 10.2 Å². The molecule has 0 unspecified atom stereocenters. The molecule has 2 heterocycles. The van der Waals surface area contributed by atoms with Gasteiger partial charge in [-0.2, -0.15) is 0 Å². The van der Waals surface area contributed by atoms with E-state index in [9.17, 15) is 13.2 Å². The summed E-state index contributed by atoms with van der Waals surface area (Å²) in [5.74, 6) is 1.08. The smallest absolute Gasteiger partial charge is 0.231 e. The van der Waals surface area contributed by atoms with Crippen LogP contribution in [0.15, 0.2) is 41.3 Å². The standard InChI is InChI=1S/C17H14N2O5S2/c1-26(21,22)11-3-4-12-15(8-11)25-17(18-12)19-16(20)7-10-2-5-13-14(6-10)24-9-23-13/h2-6,8H,7,9H2,1H3,(H,18,19,20). The van der Waals surface area contributed by atoms with E-state index < -0.39 is 9.84 Å². The lowest BCUT2D eigenvalue weighted by Gasteiger charge is -2.03. The van der Waals surface area contributed by atoms with Gasteiger partial charge in [0.25, 0.3) is 0 Å². The van der Waals surface area contributed by atoms with Gasteiger partial charge in [0.15, 0.2) is 26.5 Å². The number of carbonyl (C=O) groups is 1. The SMILES string of the molecule is CS(=O)(=O)c1ccc2nc(NC(=O)Cc3ccc4c(c3)OCO4)sc2c1. The maximum Gasteiger partial charge on any atom is 0.231 e. The first kappa shape index (κ1) is 16.8. The van der Waals surface area contributed by atoms with Crippen molar-refractivity contribution in [3.8, 4) is 11.5 Å². The summed E-state index contributed by atoms with van der Waals surface area (Å²) in [6, 6.07) is 10.1. The van der Waals surface area contributed by atoms with E-state index in [1.807, 2.05) is 6.07 Å². The molecule has 0 radical (unpaired) electrons. The van der Waals surface area contributed by atoms with E-state index >= 15 is 0 Å². The fourth-order valence-electron chi connectivity index (χ4n) is 2.59. The Kier molecular flexibility index (Phi) is 4.04. The van der Waals surface area contributed by atoms with E-state index in [2.05, 4.69) is 10.3 Å². The van der Waals surface area contributed by atoms with E-state index in [0.29, 0.717) is 26.8 Å². The maximum atomic E-state index is 12.3. The molecule has 134 valence electrons. The Morgan fingerprint density at radius 3 is 2.81 bits per heavy atom. The highest BCUT2D eigenvalue weighted by Gasteiger charge is 2.16. The number of hydrogen-bond acceptors (Lipinski definition) is 7. The number of rotatable bonds is 4. The van der Waals surface area contributed by atoms with Crippen LogP contribution in [0.2, 0.25) is 0 Å². The second kappa shape index (κ2) is 6.26. The number of ether oxygens (including phenoxy) is 2. The van der Waals surface area contributed by atoms with Gasteiger partial charge in [-0.25, -0.2) is 13.4 Å². The van der Waals surface area contributed by atoms with Crippen LogP contribution in [0.1, 0.15) is 5.56 Å². The minimum atomic E-state index is -3.28. The molecule has 0 saturated carbocycles. The quantitative estimate of drug-likeness (QED) is 0.736. The van der Waals surface area contributed by atoms with Gasteiger partial charge >= 0.3 is 0 Å². The maximum absolute atomic E-state index is 12.3. The Morgan fingerprint density at radius 1 is 1.19 bits per heavy atom. The molecule has 0 fully saturated rings. The Bertz CT molecular complexity index is 1120. The van der Waals surface area contributed by atoms with E-state index in [1.54, 1.807) is 24.3 Å². The van der Waals surface area contributed by atoms with Gasteiger partial charge in [-0.15, -0.1) is 0 Å². The molecule has 0 saturated heterocycles. The van der Waals surface area contributed by atoms with Crippen LogP contribution >= 0.6 is 11.3 Å². The monoisotopic (exact) mass is 390 g/mol. The minimum absolute atomic E-state index is 0.168. The summed E-state index contributed by atoms with van der Waals surface area (Å²) >= 11 is 1.23. The van der Waals surface area contributed by atoms with Crippen molar-refractivity contribution in [1.29, 1.82) is 0 Å². The predicted octanol–water partition coefficient (Wildman–Crippen LogP) is 2.61. The highest BCUT2D eigenvalue weighted by Crippen LogP contribution is 2.33. The Labute approximate surface area is 153 Å². The normalized spacial score (nSPS) is 13.1. The zero-order chi connectivity index (χ0) is 18.3. The van der Waals surface area contributed by atoms with Crippen LogP contribution in [0, 0.1) is 0 Å². The van der Waals surface area contributed by atoms with Crippen molar-refractivity contribution in [1.82, 2.24) is 4.98 Å². The molecule has 9 heteroatoms. The van der Waals surface area contributed by atoms with Crippen LogP contribution in [0.3, 0.4) is 0 Å². The molecule has 0 atom stereocenters. The number of amides is 1. The minimum Gasteiger partial charge on any atom is -0.454 e. The number of benzene rings is 2. The number of fused-ring (bicyclic) bond motifs is 2. The molecule has 1 N–H and O–H groups in total. The Morgan fingerprint density at radius 2 is 2.00 bits per heavy atom. The molecule has 3 aromatic rings. The molecule has 0 spiro atoms. The number of carbonyl (C=O) groups excluding carboxylic acids is 1. The van der Waals surface area contributed by atoms with Crippen molar-refractivity contribution in [3.05, 3.63) is 42.0 Å². The molecule has 4 rings (SSSR count). The van der Waals surface area contributed by atoms with E-state index in [-0.39, 0.29) is 24.0 Å². The topological polar surface area (TPSA) is 94.6 Å². The number of sulfone groups is 1. The highest BCUT2D eigenvalue weighted by molar-refractivity contribution is 7.90. The van der Waals surface area contributed by atoms with E-state index in [0.717, 1.165) is 11.8 Å². The largest absolute Gasteiger partial charge is 0.454 e. The molecule has 26 heavy (non-hydrogen) atoms. The van der Waals surface area contributed by atoms with Crippen LogP contribution in [0.5, 0.6) is 11.5 Å². The third-order valence-corrected chi connectivity index (χ3v) is 5.88. The van der Waals surface area contributed by atoms with Gasteiger partial charge in [-0.3, -0.25) is 4.79 Å². The number of anilines is 1. The molecule has 2 aromatic carbocycles. The summed E-state index contributed by atoms with van der Waals surface area (Å²) < 4.78 is 34.5. The lowest BCUT2D eigenvalue weighted by atomic mass is 10.1. The summed E-state index contributed by atoms with van der Waals surface area (Å²) in [5, 5.41) is 3.18. The molecule has 1 aliphatic rings. The highest BCUT2D eigenvalue weighted by atomic mass is 32.2. The van der Waals surface area contributed by atoms with Gasteiger partial charge in [0.2, 0.25) is 12.7 Å². The third kappa shape index (κ3) is 3.35.